The molecule has 0 aliphatic heterocycles. The molecule has 2 nitrogen and oxygen atoms in total. The summed E-state index contributed by atoms with van der Waals surface area (Å²) in [5.74, 6) is 0.382. The molecule has 4 rings (SSSR count). The van der Waals surface area contributed by atoms with Crippen LogP contribution in [0.5, 0.6) is 0 Å². The molecule has 27 heavy (non-hydrogen) atoms. The van der Waals surface area contributed by atoms with E-state index < -0.39 is 0 Å². The maximum Gasteiger partial charge on any atom is 0.192 e. The third-order valence-electron chi connectivity index (χ3n) is 5.15. The summed E-state index contributed by atoms with van der Waals surface area (Å²) in [7, 11) is 0. The van der Waals surface area contributed by atoms with Crippen molar-refractivity contribution >= 4 is 10.9 Å². The molecule has 4 aromatic rings. The number of nitrogens with zero attached hydrogens (tertiary/aromatic N) is 1. The van der Waals surface area contributed by atoms with Crippen LogP contribution in [-0.2, 0) is 0 Å². The van der Waals surface area contributed by atoms with Gasteiger partial charge >= 0.3 is 0 Å². The molecule has 1 aromatic heterocycles. The highest BCUT2D eigenvalue weighted by atomic mass is 16.1. The van der Waals surface area contributed by atoms with Crippen LogP contribution in [0.15, 0.2) is 83.7 Å². The highest BCUT2D eigenvalue weighted by molar-refractivity contribution is 5.87. The predicted octanol–water partition coefficient (Wildman–Crippen LogP) is 6.09. The number of fused-ring (bicyclic) bond motifs is 1. The van der Waals surface area contributed by atoms with Gasteiger partial charge in [0.05, 0.1) is 11.2 Å². The summed E-state index contributed by atoms with van der Waals surface area (Å²) in [5.41, 5.74) is 6.08. The van der Waals surface area contributed by atoms with Crippen LogP contribution < -0.4 is 5.43 Å². The summed E-state index contributed by atoms with van der Waals surface area (Å²) < 4.78 is 2.21. The fourth-order valence-electron chi connectivity index (χ4n) is 3.67. The Bertz CT molecular complexity index is 1160. The van der Waals surface area contributed by atoms with E-state index in [9.17, 15) is 4.79 Å². The van der Waals surface area contributed by atoms with Gasteiger partial charge in [0.2, 0.25) is 0 Å². The minimum atomic E-state index is 0.110. The fraction of sp³-hybridized carbons (Fsp3) is 0.160. The Morgan fingerprint density at radius 2 is 1.44 bits per heavy atom. The van der Waals surface area contributed by atoms with Crippen molar-refractivity contribution < 1.29 is 0 Å². The van der Waals surface area contributed by atoms with E-state index in [1.807, 2.05) is 43.3 Å². The van der Waals surface area contributed by atoms with E-state index in [-0.39, 0.29) is 5.43 Å². The highest BCUT2D eigenvalue weighted by Crippen LogP contribution is 2.30. The normalized spacial score (nSPS) is 11.3. The summed E-state index contributed by atoms with van der Waals surface area (Å²) >= 11 is 0. The van der Waals surface area contributed by atoms with Gasteiger partial charge in [0.1, 0.15) is 0 Å². The van der Waals surface area contributed by atoms with Crippen LogP contribution in [0.3, 0.4) is 0 Å². The molecule has 2 heteroatoms. The predicted molar refractivity (Wildman–Crippen MR) is 114 cm³/mol. The Kier molecular flexibility index (Phi) is 4.41. The molecule has 0 aliphatic rings. The summed E-state index contributed by atoms with van der Waals surface area (Å²) in [6.45, 7) is 6.25. The third kappa shape index (κ3) is 2.97. The van der Waals surface area contributed by atoms with Gasteiger partial charge in [0.15, 0.2) is 5.43 Å². The second kappa shape index (κ2) is 6.88. The molecule has 0 saturated carbocycles. The topological polar surface area (TPSA) is 22.0 Å². The van der Waals surface area contributed by atoms with Gasteiger partial charge in [-0.2, -0.15) is 0 Å². The zero-order valence-electron chi connectivity index (χ0n) is 15.9. The maximum absolute atomic E-state index is 13.3. The number of hydrogen-bond acceptors (Lipinski definition) is 1. The van der Waals surface area contributed by atoms with Crippen molar-refractivity contribution in [1.29, 1.82) is 0 Å². The number of pyridine rings is 1. The average Bonchev–Trinajstić information content (AvgIpc) is 2.71. The molecule has 0 atom stereocenters. The van der Waals surface area contributed by atoms with Gasteiger partial charge in [0, 0.05) is 16.6 Å². The second-order valence-electron chi connectivity index (χ2n) is 7.27. The number of benzene rings is 3. The van der Waals surface area contributed by atoms with Gasteiger partial charge in [-0.15, -0.1) is 0 Å². The van der Waals surface area contributed by atoms with Crippen molar-refractivity contribution in [2.75, 3.05) is 0 Å². The van der Waals surface area contributed by atoms with Gasteiger partial charge in [-0.1, -0.05) is 68.4 Å². The highest BCUT2D eigenvalue weighted by Gasteiger charge is 2.17. The lowest BCUT2D eigenvalue weighted by molar-refractivity contribution is 0.868. The Labute approximate surface area is 159 Å². The molecule has 0 fully saturated rings. The first-order valence-corrected chi connectivity index (χ1v) is 9.38. The SMILES string of the molecule is Cc1c(-c2ccccc2)n(-c2ccccc2)c2ccc(C(C)C)cc2c1=O. The lowest BCUT2D eigenvalue weighted by atomic mass is 9.97. The molecular weight excluding hydrogens is 330 g/mol. The van der Waals surface area contributed by atoms with Crippen LogP contribution in [0.25, 0.3) is 27.8 Å². The van der Waals surface area contributed by atoms with Crippen molar-refractivity contribution in [3.8, 4) is 16.9 Å². The average molecular weight is 353 g/mol. The molecule has 1 heterocycles. The van der Waals surface area contributed by atoms with Crippen LogP contribution in [0.1, 0.15) is 30.9 Å². The molecule has 0 N–H and O–H groups in total. The van der Waals surface area contributed by atoms with Crippen molar-refractivity contribution in [3.05, 3.63) is 100 Å². The molecule has 0 radical (unpaired) electrons. The molecule has 0 spiro atoms. The summed E-state index contributed by atoms with van der Waals surface area (Å²) in [6.07, 6.45) is 0. The first kappa shape index (κ1) is 17.3. The van der Waals surface area contributed by atoms with E-state index in [0.717, 1.165) is 33.4 Å². The van der Waals surface area contributed by atoms with E-state index >= 15 is 0 Å². The largest absolute Gasteiger partial charge is 0.309 e. The van der Waals surface area contributed by atoms with Crippen molar-refractivity contribution in [3.63, 3.8) is 0 Å². The summed E-state index contributed by atoms with van der Waals surface area (Å²) in [5, 5.41) is 0.780. The Hall–Kier alpha value is -3.13. The molecule has 0 aliphatic carbocycles. The molecule has 0 amide bonds. The van der Waals surface area contributed by atoms with E-state index in [1.165, 1.54) is 5.56 Å². The number of para-hydroxylation sites is 1. The number of hydrogen-bond donors (Lipinski definition) is 0. The van der Waals surface area contributed by atoms with E-state index in [4.69, 9.17) is 0 Å². The van der Waals surface area contributed by atoms with Gasteiger partial charge in [0.25, 0.3) is 0 Å². The fourth-order valence-corrected chi connectivity index (χ4v) is 3.67. The van der Waals surface area contributed by atoms with E-state index in [1.54, 1.807) is 0 Å². The van der Waals surface area contributed by atoms with Crippen LogP contribution >= 0.6 is 0 Å². The van der Waals surface area contributed by atoms with E-state index in [2.05, 4.69) is 60.9 Å². The monoisotopic (exact) mass is 353 g/mol. The molecule has 3 aromatic carbocycles. The quantitative estimate of drug-likeness (QED) is 0.437. The Morgan fingerprint density at radius 1 is 0.815 bits per heavy atom. The number of rotatable bonds is 3. The van der Waals surface area contributed by atoms with Crippen LogP contribution in [0, 0.1) is 6.92 Å². The first-order chi connectivity index (χ1) is 13.1. The molecule has 0 bridgehead atoms. The molecule has 0 saturated heterocycles. The van der Waals surface area contributed by atoms with Gasteiger partial charge < -0.3 is 4.57 Å². The van der Waals surface area contributed by atoms with E-state index in [0.29, 0.717) is 5.92 Å². The summed E-state index contributed by atoms with van der Waals surface area (Å²) in [4.78, 5) is 13.3. The Morgan fingerprint density at radius 3 is 2.07 bits per heavy atom. The maximum atomic E-state index is 13.3. The molecular formula is C25H23NO. The number of aromatic nitrogens is 1. The van der Waals surface area contributed by atoms with Crippen molar-refractivity contribution in [2.24, 2.45) is 0 Å². The van der Waals surface area contributed by atoms with Crippen LogP contribution in [0.2, 0.25) is 0 Å². The second-order valence-corrected chi connectivity index (χ2v) is 7.27. The first-order valence-electron chi connectivity index (χ1n) is 9.38. The lowest BCUT2D eigenvalue weighted by Gasteiger charge is -2.20. The van der Waals surface area contributed by atoms with Gasteiger partial charge in [-0.05, 0) is 48.2 Å². The summed E-state index contributed by atoms with van der Waals surface area (Å²) in [6, 6.07) is 26.7. The minimum Gasteiger partial charge on any atom is -0.309 e. The van der Waals surface area contributed by atoms with Crippen molar-refractivity contribution in [2.45, 2.75) is 26.7 Å². The zero-order chi connectivity index (χ0) is 19.0. The zero-order valence-corrected chi connectivity index (χ0v) is 15.9. The van der Waals surface area contributed by atoms with Gasteiger partial charge in [-0.3, -0.25) is 4.79 Å². The van der Waals surface area contributed by atoms with Crippen molar-refractivity contribution in [1.82, 2.24) is 4.57 Å². The Balaban J connectivity index is 2.18. The minimum absolute atomic E-state index is 0.110. The lowest BCUT2D eigenvalue weighted by Crippen LogP contribution is -2.15. The third-order valence-corrected chi connectivity index (χ3v) is 5.15. The van der Waals surface area contributed by atoms with Crippen LogP contribution in [0.4, 0.5) is 0 Å². The molecule has 0 unspecified atom stereocenters. The van der Waals surface area contributed by atoms with Gasteiger partial charge in [-0.25, -0.2) is 0 Å². The standard InChI is InChI=1S/C25H23NO/c1-17(2)20-14-15-23-22(16-20)25(27)18(3)24(19-10-6-4-7-11-19)26(23)21-12-8-5-9-13-21/h4-17H,1-3H3. The smallest absolute Gasteiger partial charge is 0.192 e. The molecule has 134 valence electrons. The van der Waals surface area contributed by atoms with Crippen LogP contribution in [-0.4, -0.2) is 4.57 Å².